The van der Waals surface area contributed by atoms with Crippen molar-refractivity contribution in [3.8, 4) is 17.2 Å². The van der Waals surface area contributed by atoms with Gasteiger partial charge in [0.2, 0.25) is 11.8 Å². The summed E-state index contributed by atoms with van der Waals surface area (Å²) in [5, 5.41) is 11.3. The van der Waals surface area contributed by atoms with E-state index in [4.69, 9.17) is 9.15 Å². The van der Waals surface area contributed by atoms with Crippen LogP contribution in [0.3, 0.4) is 0 Å². The van der Waals surface area contributed by atoms with Crippen LogP contribution in [0.25, 0.3) is 11.5 Å². The molecule has 1 aromatic carbocycles. The Hall–Kier alpha value is -1.88. The van der Waals surface area contributed by atoms with Crippen molar-refractivity contribution in [1.29, 1.82) is 0 Å². The molecule has 0 saturated carbocycles. The Morgan fingerprint density at radius 2 is 2.22 bits per heavy atom. The third-order valence-corrected chi connectivity index (χ3v) is 2.55. The molecule has 5 heteroatoms. The van der Waals surface area contributed by atoms with Gasteiger partial charge in [-0.3, -0.25) is 0 Å². The molecule has 0 amide bonds. The van der Waals surface area contributed by atoms with Crippen LogP contribution in [0.5, 0.6) is 5.75 Å². The minimum absolute atomic E-state index is 0.528. The molecule has 1 heterocycles. The van der Waals surface area contributed by atoms with Crippen molar-refractivity contribution in [2.75, 3.05) is 20.2 Å². The van der Waals surface area contributed by atoms with Gasteiger partial charge in [-0.05, 0) is 24.7 Å². The Bertz CT molecular complexity index is 496. The van der Waals surface area contributed by atoms with Gasteiger partial charge in [0.1, 0.15) is 5.75 Å². The summed E-state index contributed by atoms with van der Waals surface area (Å²) in [4.78, 5) is 0. The van der Waals surface area contributed by atoms with Gasteiger partial charge >= 0.3 is 0 Å². The molecule has 0 unspecified atom stereocenters. The van der Waals surface area contributed by atoms with Gasteiger partial charge in [-0.25, -0.2) is 0 Å². The Balaban J connectivity index is 2.08. The highest BCUT2D eigenvalue weighted by atomic mass is 16.5. The predicted molar refractivity (Wildman–Crippen MR) is 68.5 cm³/mol. The molecule has 0 bridgehead atoms. The molecule has 0 spiro atoms. The number of nitrogens with one attached hydrogen (secondary N) is 1. The van der Waals surface area contributed by atoms with Crippen LogP contribution in [-0.4, -0.2) is 30.4 Å². The lowest BCUT2D eigenvalue weighted by Crippen LogP contribution is -2.16. The summed E-state index contributed by atoms with van der Waals surface area (Å²) < 4.78 is 10.8. The van der Waals surface area contributed by atoms with Gasteiger partial charge in [0.05, 0.1) is 7.11 Å². The Labute approximate surface area is 106 Å². The standard InChI is InChI=1S/C13H17N3O2/c1-3-14-8-7-12-15-16-13(18-12)10-5-4-6-11(9-10)17-2/h4-6,9,14H,3,7-8H2,1-2H3. The number of hydrogen-bond donors (Lipinski definition) is 1. The van der Waals surface area contributed by atoms with Gasteiger partial charge in [-0.15, -0.1) is 10.2 Å². The molecule has 96 valence electrons. The fraction of sp³-hybridized carbons (Fsp3) is 0.385. The van der Waals surface area contributed by atoms with Gasteiger partial charge in [-0.2, -0.15) is 0 Å². The fourth-order valence-electron chi connectivity index (χ4n) is 1.60. The summed E-state index contributed by atoms with van der Waals surface area (Å²) in [5.41, 5.74) is 0.872. The molecule has 0 aliphatic heterocycles. The van der Waals surface area contributed by atoms with Gasteiger partial charge in [-0.1, -0.05) is 13.0 Å². The molecule has 1 aromatic heterocycles. The molecule has 0 saturated heterocycles. The van der Waals surface area contributed by atoms with Crippen LogP contribution in [-0.2, 0) is 6.42 Å². The van der Waals surface area contributed by atoms with E-state index in [2.05, 4.69) is 22.4 Å². The van der Waals surface area contributed by atoms with Gasteiger partial charge in [0, 0.05) is 18.5 Å². The van der Waals surface area contributed by atoms with E-state index in [1.54, 1.807) is 7.11 Å². The second kappa shape index (κ2) is 6.16. The smallest absolute Gasteiger partial charge is 0.247 e. The third-order valence-electron chi connectivity index (χ3n) is 2.55. The van der Waals surface area contributed by atoms with E-state index in [1.807, 2.05) is 24.3 Å². The first-order valence-corrected chi connectivity index (χ1v) is 6.01. The zero-order valence-electron chi connectivity index (χ0n) is 10.6. The first-order chi connectivity index (χ1) is 8.83. The number of rotatable bonds is 6. The lowest BCUT2D eigenvalue weighted by molar-refractivity contribution is 0.414. The van der Waals surface area contributed by atoms with Crippen LogP contribution in [0.4, 0.5) is 0 Å². The SMILES string of the molecule is CCNCCc1nnc(-c2cccc(OC)c2)o1. The minimum atomic E-state index is 0.528. The zero-order valence-corrected chi connectivity index (χ0v) is 10.6. The summed E-state index contributed by atoms with van der Waals surface area (Å²) in [6, 6.07) is 7.58. The molecular formula is C13H17N3O2. The summed E-state index contributed by atoms with van der Waals surface area (Å²) in [6.07, 6.45) is 0.741. The molecule has 0 aliphatic rings. The predicted octanol–water partition coefficient (Wildman–Crippen LogP) is 1.90. The normalized spacial score (nSPS) is 10.6. The summed E-state index contributed by atoms with van der Waals surface area (Å²) in [5.74, 6) is 1.95. The van der Waals surface area contributed by atoms with E-state index in [-0.39, 0.29) is 0 Å². The Kier molecular flexibility index (Phi) is 4.30. The fourth-order valence-corrected chi connectivity index (χ4v) is 1.60. The number of benzene rings is 1. The van der Waals surface area contributed by atoms with Crippen molar-refractivity contribution in [2.45, 2.75) is 13.3 Å². The number of likely N-dealkylation sites (N-methyl/N-ethyl adjacent to an activating group) is 1. The first kappa shape index (κ1) is 12.6. The van der Waals surface area contributed by atoms with Crippen molar-refractivity contribution >= 4 is 0 Å². The van der Waals surface area contributed by atoms with Crippen LogP contribution in [0.15, 0.2) is 28.7 Å². The Morgan fingerprint density at radius 1 is 1.33 bits per heavy atom. The van der Waals surface area contributed by atoms with Gasteiger partial charge in [0.15, 0.2) is 0 Å². The van der Waals surface area contributed by atoms with E-state index in [9.17, 15) is 0 Å². The van der Waals surface area contributed by atoms with E-state index in [1.165, 1.54) is 0 Å². The van der Waals surface area contributed by atoms with Crippen molar-refractivity contribution in [2.24, 2.45) is 0 Å². The molecule has 0 aliphatic carbocycles. The maximum atomic E-state index is 5.60. The lowest BCUT2D eigenvalue weighted by atomic mass is 10.2. The molecule has 5 nitrogen and oxygen atoms in total. The topological polar surface area (TPSA) is 60.2 Å². The van der Waals surface area contributed by atoms with E-state index >= 15 is 0 Å². The number of aromatic nitrogens is 2. The first-order valence-electron chi connectivity index (χ1n) is 6.01. The van der Waals surface area contributed by atoms with Crippen molar-refractivity contribution < 1.29 is 9.15 Å². The van der Waals surface area contributed by atoms with E-state index < -0.39 is 0 Å². The molecule has 2 rings (SSSR count). The highest BCUT2D eigenvalue weighted by Gasteiger charge is 2.08. The van der Waals surface area contributed by atoms with Crippen LogP contribution in [0.1, 0.15) is 12.8 Å². The van der Waals surface area contributed by atoms with Crippen LogP contribution in [0.2, 0.25) is 0 Å². The minimum Gasteiger partial charge on any atom is -0.497 e. The number of nitrogens with zero attached hydrogens (tertiary/aromatic N) is 2. The zero-order chi connectivity index (χ0) is 12.8. The van der Waals surface area contributed by atoms with Crippen LogP contribution < -0.4 is 10.1 Å². The molecular weight excluding hydrogens is 230 g/mol. The second-order valence-electron chi connectivity index (χ2n) is 3.84. The average molecular weight is 247 g/mol. The quantitative estimate of drug-likeness (QED) is 0.790. The molecule has 0 atom stereocenters. The highest BCUT2D eigenvalue weighted by molar-refractivity contribution is 5.55. The summed E-state index contributed by atoms with van der Waals surface area (Å²) in [6.45, 7) is 3.85. The molecule has 0 fully saturated rings. The van der Waals surface area contributed by atoms with Crippen LogP contribution in [0, 0.1) is 0 Å². The van der Waals surface area contributed by atoms with Gasteiger partial charge in [0.25, 0.3) is 0 Å². The van der Waals surface area contributed by atoms with Crippen molar-refractivity contribution in [3.05, 3.63) is 30.2 Å². The van der Waals surface area contributed by atoms with Crippen molar-refractivity contribution in [3.63, 3.8) is 0 Å². The molecule has 18 heavy (non-hydrogen) atoms. The molecule has 1 N–H and O–H groups in total. The monoisotopic (exact) mass is 247 g/mol. The summed E-state index contributed by atoms with van der Waals surface area (Å²) in [7, 11) is 1.63. The average Bonchev–Trinajstić information content (AvgIpc) is 2.88. The van der Waals surface area contributed by atoms with Crippen LogP contribution >= 0.6 is 0 Å². The maximum Gasteiger partial charge on any atom is 0.247 e. The molecule has 0 radical (unpaired) electrons. The lowest BCUT2D eigenvalue weighted by Gasteiger charge is -2.00. The third kappa shape index (κ3) is 3.07. The Morgan fingerprint density at radius 3 is 3.00 bits per heavy atom. The number of hydrogen-bond acceptors (Lipinski definition) is 5. The summed E-state index contributed by atoms with van der Waals surface area (Å²) >= 11 is 0. The highest BCUT2D eigenvalue weighted by Crippen LogP contribution is 2.22. The largest absolute Gasteiger partial charge is 0.497 e. The number of ether oxygens (including phenoxy) is 1. The van der Waals surface area contributed by atoms with E-state index in [0.29, 0.717) is 11.8 Å². The number of methoxy groups -OCH3 is 1. The van der Waals surface area contributed by atoms with Gasteiger partial charge < -0.3 is 14.5 Å². The molecule has 2 aromatic rings. The second-order valence-corrected chi connectivity index (χ2v) is 3.84. The maximum absolute atomic E-state index is 5.60. The van der Waals surface area contributed by atoms with Crippen molar-refractivity contribution in [1.82, 2.24) is 15.5 Å². The van der Waals surface area contributed by atoms with E-state index in [0.717, 1.165) is 30.8 Å².